The topological polar surface area (TPSA) is 21.3 Å². The molecule has 0 unspecified atom stereocenters. The smallest absolute Gasteiger partial charge is 0.166 e. The van der Waals surface area contributed by atoms with Crippen LogP contribution in [0.25, 0.3) is 0 Å². The molecule has 0 aliphatic carbocycles. The Kier molecular flexibility index (Phi) is 5.53. The Balaban J connectivity index is 2.12. The highest BCUT2D eigenvalue weighted by Crippen LogP contribution is 2.31. The quantitative estimate of drug-likeness (QED) is 0.765. The minimum Gasteiger partial charge on any atom is -0.453 e. The minimum absolute atomic E-state index is 0.186. The van der Waals surface area contributed by atoms with Crippen molar-refractivity contribution in [2.45, 2.75) is 19.9 Å². The van der Waals surface area contributed by atoms with E-state index in [9.17, 15) is 8.78 Å². The normalized spacial score (nSPS) is 10.7. The van der Waals surface area contributed by atoms with Crippen molar-refractivity contribution in [2.75, 3.05) is 6.54 Å². The van der Waals surface area contributed by atoms with Crippen LogP contribution in [0.5, 0.6) is 11.5 Å². The second kappa shape index (κ2) is 7.38. The fourth-order valence-corrected chi connectivity index (χ4v) is 2.06. The Labute approximate surface area is 127 Å². The summed E-state index contributed by atoms with van der Waals surface area (Å²) in [5.41, 5.74) is 1.00. The largest absolute Gasteiger partial charge is 0.453 e. The van der Waals surface area contributed by atoms with E-state index in [0.717, 1.165) is 36.7 Å². The highest BCUT2D eigenvalue weighted by molar-refractivity contribution is 6.32. The van der Waals surface area contributed by atoms with E-state index in [-0.39, 0.29) is 5.75 Å². The van der Waals surface area contributed by atoms with Crippen LogP contribution in [0, 0.1) is 11.6 Å². The third-order valence-corrected chi connectivity index (χ3v) is 3.16. The number of hydrogen-bond donors (Lipinski definition) is 1. The second-order valence-corrected chi connectivity index (χ2v) is 5.03. The summed E-state index contributed by atoms with van der Waals surface area (Å²) in [6.45, 7) is 3.71. The van der Waals surface area contributed by atoms with Gasteiger partial charge in [-0.2, -0.15) is 0 Å². The molecule has 21 heavy (non-hydrogen) atoms. The average Bonchev–Trinajstić information content (AvgIpc) is 2.46. The number of nitrogens with one attached hydrogen (secondary N) is 1. The SMILES string of the molecule is CCCNCc1ccc(Oc2cc(F)ccc2F)c(Cl)c1. The third kappa shape index (κ3) is 4.41. The zero-order valence-corrected chi connectivity index (χ0v) is 12.4. The van der Waals surface area contributed by atoms with Crippen molar-refractivity contribution in [2.24, 2.45) is 0 Å². The number of halogens is 3. The molecule has 0 saturated heterocycles. The second-order valence-electron chi connectivity index (χ2n) is 4.62. The Morgan fingerprint density at radius 2 is 1.90 bits per heavy atom. The summed E-state index contributed by atoms with van der Waals surface area (Å²) in [6.07, 6.45) is 1.05. The molecule has 0 aromatic heterocycles. The van der Waals surface area contributed by atoms with Crippen LogP contribution >= 0.6 is 11.6 Å². The molecule has 0 aliphatic rings. The van der Waals surface area contributed by atoms with Crippen LogP contribution in [0.15, 0.2) is 36.4 Å². The van der Waals surface area contributed by atoms with Crippen LogP contribution in [0.1, 0.15) is 18.9 Å². The van der Waals surface area contributed by atoms with E-state index >= 15 is 0 Å². The van der Waals surface area contributed by atoms with Gasteiger partial charge in [0.1, 0.15) is 11.6 Å². The monoisotopic (exact) mass is 311 g/mol. The van der Waals surface area contributed by atoms with E-state index in [4.69, 9.17) is 16.3 Å². The van der Waals surface area contributed by atoms with Gasteiger partial charge in [0.2, 0.25) is 0 Å². The van der Waals surface area contributed by atoms with E-state index in [1.807, 2.05) is 6.07 Å². The Morgan fingerprint density at radius 3 is 2.62 bits per heavy atom. The fraction of sp³-hybridized carbons (Fsp3) is 0.250. The Bertz CT molecular complexity index is 619. The molecule has 2 aromatic carbocycles. The van der Waals surface area contributed by atoms with Crippen molar-refractivity contribution >= 4 is 11.6 Å². The van der Waals surface area contributed by atoms with Crippen molar-refractivity contribution < 1.29 is 13.5 Å². The molecular formula is C16H16ClF2NO. The summed E-state index contributed by atoms with van der Waals surface area (Å²) in [6, 6.07) is 8.27. The highest BCUT2D eigenvalue weighted by atomic mass is 35.5. The predicted octanol–water partition coefficient (Wildman–Crippen LogP) is 4.91. The van der Waals surface area contributed by atoms with Crippen LogP contribution in [-0.4, -0.2) is 6.54 Å². The standard InChI is InChI=1S/C16H16ClF2NO/c1-2-7-20-10-11-3-6-15(13(17)8-11)21-16-9-12(18)4-5-14(16)19/h3-6,8-9,20H,2,7,10H2,1H3. The van der Waals surface area contributed by atoms with Crippen molar-refractivity contribution in [1.82, 2.24) is 5.32 Å². The molecule has 0 bridgehead atoms. The number of benzene rings is 2. The van der Waals surface area contributed by atoms with Gasteiger partial charge in [0.15, 0.2) is 11.6 Å². The molecule has 5 heteroatoms. The van der Waals surface area contributed by atoms with Crippen molar-refractivity contribution in [3.8, 4) is 11.5 Å². The summed E-state index contributed by atoms with van der Waals surface area (Å²) in [5, 5.41) is 3.61. The number of hydrogen-bond acceptors (Lipinski definition) is 2. The van der Waals surface area contributed by atoms with Crippen molar-refractivity contribution in [3.63, 3.8) is 0 Å². The first-order valence-electron chi connectivity index (χ1n) is 6.72. The van der Waals surface area contributed by atoms with Crippen molar-refractivity contribution in [1.29, 1.82) is 0 Å². The minimum atomic E-state index is -0.638. The van der Waals surface area contributed by atoms with Crippen LogP contribution in [0.4, 0.5) is 8.78 Å². The lowest BCUT2D eigenvalue weighted by molar-refractivity contribution is 0.436. The molecule has 2 nitrogen and oxygen atoms in total. The lowest BCUT2D eigenvalue weighted by atomic mass is 10.2. The summed E-state index contributed by atoms with van der Waals surface area (Å²) in [5.74, 6) is -1.10. The zero-order chi connectivity index (χ0) is 15.2. The van der Waals surface area contributed by atoms with Gasteiger partial charge in [-0.1, -0.05) is 24.6 Å². The summed E-state index contributed by atoms with van der Waals surface area (Å²) in [7, 11) is 0. The Hall–Kier alpha value is -1.65. The van der Waals surface area contributed by atoms with Crippen molar-refractivity contribution in [3.05, 3.63) is 58.6 Å². The van der Waals surface area contributed by atoms with Gasteiger partial charge in [0, 0.05) is 12.6 Å². The summed E-state index contributed by atoms with van der Waals surface area (Å²) >= 11 is 6.12. The predicted molar refractivity (Wildman–Crippen MR) is 79.9 cm³/mol. The average molecular weight is 312 g/mol. The number of rotatable bonds is 6. The molecule has 112 valence electrons. The summed E-state index contributed by atoms with van der Waals surface area (Å²) < 4.78 is 32.0. The molecule has 0 amide bonds. The molecular weight excluding hydrogens is 296 g/mol. The van der Waals surface area contributed by atoms with Crippen LogP contribution < -0.4 is 10.1 Å². The van der Waals surface area contributed by atoms with Gasteiger partial charge in [-0.25, -0.2) is 8.78 Å². The van der Waals surface area contributed by atoms with Crippen LogP contribution in [0.3, 0.4) is 0 Å². The Morgan fingerprint density at radius 1 is 1.10 bits per heavy atom. The summed E-state index contributed by atoms with van der Waals surface area (Å²) in [4.78, 5) is 0. The molecule has 1 N–H and O–H groups in total. The van der Waals surface area contributed by atoms with Gasteiger partial charge < -0.3 is 10.1 Å². The highest BCUT2D eigenvalue weighted by Gasteiger charge is 2.09. The van der Waals surface area contributed by atoms with Gasteiger partial charge in [-0.15, -0.1) is 0 Å². The molecule has 0 atom stereocenters. The molecule has 0 aliphatic heterocycles. The lowest BCUT2D eigenvalue weighted by Crippen LogP contribution is -2.13. The zero-order valence-electron chi connectivity index (χ0n) is 11.6. The first-order chi connectivity index (χ1) is 10.1. The van der Waals surface area contributed by atoms with E-state index < -0.39 is 11.6 Å². The molecule has 0 heterocycles. The molecule has 0 fully saturated rings. The lowest BCUT2D eigenvalue weighted by Gasteiger charge is -2.10. The van der Waals surface area contributed by atoms with E-state index in [1.54, 1.807) is 12.1 Å². The first kappa shape index (κ1) is 15.7. The molecule has 0 spiro atoms. The first-order valence-corrected chi connectivity index (χ1v) is 7.10. The van der Waals surface area contributed by atoms with Gasteiger partial charge in [0.25, 0.3) is 0 Å². The maximum absolute atomic E-state index is 13.5. The van der Waals surface area contributed by atoms with Gasteiger partial charge in [0.05, 0.1) is 5.02 Å². The van der Waals surface area contributed by atoms with Gasteiger partial charge >= 0.3 is 0 Å². The molecule has 0 saturated carbocycles. The molecule has 2 aromatic rings. The maximum Gasteiger partial charge on any atom is 0.166 e. The van der Waals surface area contributed by atoms with Crippen LogP contribution in [-0.2, 0) is 6.54 Å². The third-order valence-electron chi connectivity index (χ3n) is 2.87. The van der Waals surface area contributed by atoms with Gasteiger partial charge in [-0.05, 0) is 42.8 Å². The van der Waals surface area contributed by atoms with Crippen LogP contribution in [0.2, 0.25) is 5.02 Å². The van der Waals surface area contributed by atoms with E-state index in [2.05, 4.69) is 12.2 Å². The number of ether oxygens (including phenoxy) is 1. The molecule has 2 rings (SSSR count). The maximum atomic E-state index is 13.5. The van der Waals surface area contributed by atoms with E-state index in [0.29, 0.717) is 17.3 Å². The van der Waals surface area contributed by atoms with E-state index in [1.165, 1.54) is 0 Å². The fourth-order valence-electron chi connectivity index (χ4n) is 1.82. The van der Waals surface area contributed by atoms with Gasteiger partial charge in [-0.3, -0.25) is 0 Å². The molecule has 0 radical (unpaired) electrons.